The number of hydrogen-bond acceptors (Lipinski definition) is 15. The highest BCUT2D eigenvalue weighted by molar-refractivity contribution is 7.52. The lowest BCUT2D eigenvalue weighted by Crippen LogP contribution is -2.69. The summed E-state index contributed by atoms with van der Waals surface area (Å²) in [5, 5.41) is 8.48. The highest BCUT2D eigenvalue weighted by Gasteiger charge is 2.73. The van der Waals surface area contributed by atoms with Gasteiger partial charge in [-0.2, -0.15) is 10.2 Å². The fourth-order valence-electron chi connectivity index (χ4n) is 5.93. The van der Waals surface area contributed by atoms with Crippen molar-refractivity contribution in [1.29, 1.82) is 0 Å². The second kappa shape index (κ2) is 13.8. The van der Waals surface area contributed by atoms with Gasteiger partial charge in [0.2, 0.25) is 11.5 Å². The molecule has 5 atom stereocenters. The molecule has 3 unspecified atom stereocenters. The first kappa shape index (κ1) is 34.1. The molecule has 4 aliphatic rings. The largest absolute Gasteiger partial charge is 0.473 e. The molecule has 1 aromatic carbocycles. The Kier molecular flexibility index (Phi) is 10.0. The predicted molar refractivity (Wildman–Crippen MR) is 168 cm³/mol. The molecule has 2 fully saturated rings. The van der Waals surface area contributed by atoms with Crippen molar-refractivity contribution in [3.63, 3.8) is 0 Å². The molecular formula is C30H39N6O10P. The van der Waals surface area contributed by atoms with Gasteiger partial charge in [-0.05, 0) is 44.2 Å². The topological polar surface area (TPSA) is 202 Å². The SMILES string of the molecule is CN=C1OCC(OC(C)=O)(C2CC=C3C(N)=NC=NN32)C1(CO[P@@](=O)(N[C@@H](C)C(=O)OCC1CCC1)Oc1ccccc1)OC(C)=O. The Morgan fingerprint density at radius 1 is 1.19 bits per heavy atom. The number of ether oxygens (including phenoxy) is 4. The number of aliphatic imine (C=N–C) groups is 2. The Labute approximate surface area is 271 Å². The summed E-state index contributed by atoms with van der Waals surface area (Å²) in [6, 6.07) is 6.13. The van der Waals surface area contributed by atoms with Crippen molar-refractivity contribution in [2.45, 2.75) is 69.7 Å². The quantitative estimate of drug-likeness (QED) is 0.176. The number of rotatable bonds is 13. The minimum atomic E-state index is -4.52. The molecule has 0 amide bonds. The predicted octanol–water partition coefficient (Wildman–Crippen LogP) is 2.45. The summed E-state index contributed by atoms with van der Waals surface area (Å²) in [7, 11) is -3.13. The van der Waals surface area contributed by atoms with Gasteiger partial charge in [-0.3, -0.25) is 28.9 Å². The number of fused-ring (bicyclic) bond motifs is 1. The number of nitrogens with zero attached hydrogens (tertiary/aromatic N) is 4. The van der Waals surface area contributed by atoms with Crippen LogP contribution in [0.1, 0.15) is 46.5 Å². The molecule has 254 valence electrons. The lowest BCUT2D eigenvalue weighted by molar-refractivity contribution is -0.208. The van der Waals surface area contributed by atoms with Gasteiger partial charge in [0.1, 0.15) is 37.4 Å². The molecule has 16 nitrogen and oxygen atoms in total. The van der Waals surface area contributed by atoms with Crippen molar-refractivity contribution in [3.05, 3.63) is 42.1 Å². The van der Waals surface area contributed by atoms with E-state index in [2.05, 4.69) is 20.2 Å². The van der Waals surface area contributed by atoms with E-state index in [-0.39, 0.29) is 37.1 Å². The molecule has 5 rings (SSSR count). The minimum Gasteiger partial charge on any atom is -0.473 e. The summed E-state index contributed by atoms with van der Waals surface area (Å²) in [6.45, 7) is 2.92. The molecule has 1 saturated carbocycles. The number of esters is 3. The number of hydrazone groups is 1. The van der Waals surface area contributed by atoms with Gasteiger partial charge in [0.25, 0.3) is 5.60 Å². The van der Waals surface area contributed by atoms with Crippen molar-refractivity contribution in [1.82, 2.24) is 10.1 Å². The Hall–Kier alpha value is -4.27. The van der Waals surface area contributed by atoms with E-state index in [0.29, 0.717) is 11.6 Å². The van der Waals surface area contributed by atoms with E-state index < -0.39 is 55.5 Å². The molecule has 3 N–H and O–H groups in total. The van der Waals surface area contributed by atoms with Crippen LogP contribution in [-0.2, 0) is 42.4 Å². The summed E-state index contributed by atoms with van der Waals surface area (Å²) >= 11 is 0. The number of carbonyl (C=O) groups excluding carboxylic acids is 3. The highest BCUT2D eigenvalue weighted by Crippen LogP contribution is 2.51. The molecule has 3 aliphatic heterocycles. The van der Waals surface area contributed by atoms with E-state index in [0.717, 1.165) is 26.2 Å². The average Bonchev–Trinajstić information content (AvgIpc) is 3.56. The van der Waals surface area contributed by atoms with E-state index in [1.807, 2.05) is 0 Å². The second-order valence-electron chi connectivity index (χ2n) is 11.6. The van der Waals surface area contributed by atoms with Crippen molar-refractivity contribution in [3.8, 4) is 5.75 Å². The summed E-state index contributed by atoms with van der Waals surface area (Å²) in [5.41, 5.74) is 2.55. The van der Waals surface area contributed by atoms with Gasteiger partial charge in [-0.25, -0.2) is 9.56 Å². The maximum absolute atomic E-state index is 14.5. The Morgan fingerprint density at radius 2 is 1.91 bits per heavy atom. The first-order valence-corrected chi connectivity index (χ1v) is 16.7. The molecule has 1 saturated heterocycles. The van der Waals surface area contributed by atoms with Gasteiger partial charge in [-0.15, -0.1) is 0 Å². The fraction of sp³-hybridized carbons (Fsp3) is 0.533. The van der Waals surface area contributed by atoms with Crippen LogP contribution in [0.2, 0.25) is 0 Å². The van der Waals surface area contributed by atoms with Crippen LogP contribution < -0.4 is 15.3 Å². The van der Waals surface area contributed by atoms with E-state index >= 15 is 0 Å². The van der Waals surface area contributed by atoms with Crippen LogP contribution in [0, 0.1) is 5.92 Å². The zero-order valence-electron chi connectivity index (χ0n) is 26.6. The van der Waals surface area contributed by atoms with Crippen LogP contribution in [0.25, 0.3) is 0 Å². The van der Waals surface area contributed by atoms with Crippen molar-refractivity contribution in [2.24, 2.45) is 26.7 Å². The van der Waals surface area contributed by atoms with Crippen LogP contribution in [0.5, 0.6) is 5.75 Å². The zero-order valence-corrected chi connectivity index (χ0v) is 27.5. The number of nitrogens with two attached hydrogens (primary N) is 1. The molecular weight excluding hydrogens is 635 g/mol. The number of benzene rings is 1. The molecule has 3 heterocycles. The number of carbonyl (C=O) groups is 3. The molecule has 0 spiro atoms. The van der Waals surface area contributed by atoms with Gasteiger partial charge < -0.3 is 29.2 Å². The summed E-state index contributed by atoms with van der Waals surface area (Å²) < 4.78 is 49.8. The zero-order chi connectivity index (χ0) is 33.8. The van der Waals surface area contributed by atoms with E-state index in [1.165, 1.54) is 32.2 Å². The van der Waals surface area contributed by atoms with Gasteiger partial charge in [0.15, 0.2) is 5.84 Å². The van der Waals surface area contributed by atoms with Crippen molar-refractivity contribution < 1.29 is 46.9 Å². The Balaban J connectivity index is 1.51. The summed E-state index contributed by atoms with van der Waals surface area (Å²) in [4.78, 5) is 46.8. The Morgan fingerprint density at radius 3 is 2.55 bits per heavy atom. The molecule has 0 bridgehead atoms. The fourth-order valence-corrected chi connectivity index (χ4v) is 7.44. The normalized spacial score (nSPS) is 27.8. The molecule has 0 aromatic heterocycles. The van der Waals surface area contributed by atoms with Gasteiger partial charge in [0.05, 0.1) is 12.3 Å². The monoisotopic (exact) mass is 674 g/mol. The number of para-hydroxylation sites is 1. The van der Waals surface area contributed by atoms with Gasteiger partial charge in [0, 0.05) is 20.9 Å². The smallest absolute Gasteiger partial charge is 0.459 e. The van der Waals surface area contributed by atoms with Gasteiger partial charge in [-0.1, -0.05) is 30.7 Å². The standard InChI is InChI=1S/C30H39N6O10P/c1-19(27(39)41-15-22-9-8-10-22)35-47(40,46-23-11-6-5-7-12-23)43-17-30(45-21(3)38)28(32-4)42-16-29(30,44-20(2)37)25-14-13-24-26(31)33-18-34-36(24)25/h5-7,11-13,18-19,22,25H,8-10,14-17H2,1-4H3,(H,35,40)(H2,31,33,34)/t19-,25?,29?,30?,47-/m0/s1. The minimum absolute atomic E-state index is 0.153. The molecule has 17 heteroatoms. The maximum Gasteiger partial charge on any atom is 0.459 e. The number of amidine groups is 1. The number of nitrogens with one attached hydrogen (secondary N) is 1. The molecule has 1 aliphatic carbocycles. The van der Waals surface area contributed by atoms with Crippen LogP contribution in [0.3, 0.4) is 0 Å². The molecule has 1 aromatic rings. The van der Waals surface area contributed by atoms with E-state index in [1.54, 1.807) is 36.4 Å². The highest BCUT2D eigenvalue weighted by atomic mass is 31.2. The van der Waals surface area contributed by atoms with Crippen LogP contribution >= 0.6 is 7.75 Å². The summed E-state index contributed by atoms with van der Waals surface area (Å²) in [5.74, 6) is -1.79. The first-order valence-electron chi connectivity index (χ1n) is 15.2. The van der Waals surface area contributed by atoms with Crippen LogP contribution in [0.15, 0.2) is 57.2 Å². The first-order chi connectivity index (χ1) is 22.4. The second-order valence-corrected chi connectivity index (χ2v) is 13.3. The van der Waals surface area contributed by atoms with Crippen molar-refractivity contribution in [2.75, 3.05) is 26.9 Å². The van der Waals surface area contributed by atoms with Crippen LogP contribution in [-0.4, -0.2) is 91.1 Å². The molecule has 0 radical (unpaired) electrons. The third kappa shape index (κ3) is 6.90. The Bertz CT molecular complexity index is 1550. The van der Waals surface area contributed by atoms with Crippen molar-refractivity contribution >= 4 is 43.7 Å². The summed E-state index contributed by atoms with van der Waals surface area (Å²) in [6.07, 6.45) is 6.20. The molecule has 47 heavy (non-hydrogen) atoms. The number of hydrogen-bond donors (Lipinski definition) is 2. The third-order valence-corrected chi connectivity index (χ3v) is 9.97. The third-order valence-electron chi connectivity index (χ3n) is 8.35. The lowest BCUT2D eigenvalue weighted by atomic mass is 9.78. The van der Waals surface area contributed by atoms with E-state index in [9.17, 15) is 18.9 Å². The lowest BCUT2D eigenvalue weighted by Gasteiger charge is -2.46. The van der Waals surface area contributed by atoms with Crippen LogP contribution in [0.4, 0.5) is 0 Å². The maximum atomic E-state index is 14.5. The average molecular weight is 675 g/mol. The van der Waals surface area contributed by atoms with Gasteiger partial charge >= 0.3 is 25.7 Å². The van der Waals surface area contributed by atoms with E-state index in [4.69, 9.17) is 33.7 Å².